The van der Waals surface area contributed by atoms with Crippen molar-refractivity contribution in [3.8, 4) is 5.75 Å². The van der Waals surface area contributed by atoms with Gasteiger partial charge >= 0.3 is 6.18 Å². The lowest BCUT2D eigenvalue weighted by Crippen LogP contribution is -2.38. The van der Waals surface area contributed by atoms with E-state index >= 15 is 0 Å². The monoisotopic (exact) mass is 340 g/mol. The van der Waals surface area contributed by atoms with Gasteiger partial charge in [-0.15, -0.1) is 0 Å². The molecule has 0 aliphatic carbocycles. The van der Waals surface area contributed by atoms with E-state index < -0.39 is 23.3 Å². The Labute approximate surface area is 135 Å². The van der Waals surface area contributed by atoms with Gasteiger partial charge in [-0.2, -0.15) is 13.2 Å². The second-order valence-corrected chi connectivity index (χ2v) is 5.73. The van der Waals surface area contributed by atoms with Crippen LogP contribution in [0.25, 0.3) is 0 Å². The lowest BCUT2D eigenvalue weighted by Gasteiger charge is -2.32. The van der Waals surface area contributed by atoms with Gasteiger partial charge in [-0.3, -0.25) is 4.79 Å². The van der Waals surface area contributed by atoms with Gasteiger partial charge in [0, 0.05) is 13.1 Å². The number of rotatable bonds is 2. The lowest BCUT2D eigenvalue weighted by atomic mass is 9.89. The van der Waals surface area contributed by atoms with Crippen LogP contribution in [0.2, 0.25) is 0 Å². The number of aromatic hydroxyl groups is 1. The fraction of sp³-hybridized carbons (Fsp3) is 0.375. The van der Waals surface area contributed by atoms with Crippen molar-refractivity contribution in [2.75, 3.05) is 13.1 Å². The second kappa shape index (κ2) is 6.18. The number of carbonyl (C=O) groups excluding carboxylic acids is 1. The minimum atomic E-state index is -4.72. The van der Waals surface area contributed by atoms with Gasteiger partial charge in [0.05, 0.1) is 0 Å². The van der Waals surface area contributed by atoms with Gasteiger partial charge < -0.3 is 14.5 Å². The SMILES string of the molecule is O=C(c1conc1C(F)(F)F)N1CCC(c2ccc(O)cc2)CC1. The molecule has 3 rings (SSSR count). The highest BCUT2D eigenvalue weighted by Gasteiger charge is 2.40. The zero-order valence-electron chi connectivity index (χ0n) is 12.6. The van der Waals surface area contributed by atoms with Crippen LogP contribution >= 0.6 is 0 Å². The van der Waals surface area contributed by atoms with Gasteiger partial charge in [0.25, 0.3) is 5.91 Å². The normalized spacial score (nSPS) is 16.4. The van der Waals surface area contributed by atoms with E-state index in [1.807, 2.05) is 12.1 Å². The molecule has 1 fully saturated rings. The third-order valence-corrected chi connectivity index (χ3v) is 4.22. The van der Waals surface area contributed by atoms with Crippen molar-refractivity contribution in [2.45, 2.75) is 24.9 Å². The fourth-order valence-electron chi connectivity index (χ4n) is 2.93. The first kappa shape index (κ1) is 16.4. The van der Waals surface area contributed by atoms with Crippen LogP contribution in [-0.4, -0.2) is 34.2 Å². The van der Waals surface area contributed by atoms with Crippen molar-refractivity contribution in [1.82, 2.24) is 10.1 Å². The molecule has 0 atom stereocenters. The Morgan fingerprint density at radius 2 is 1.83 bits per heavy atom. The van der Waals surface area contributed by atoms with E-state index in [2.05, 4.69) is 9.68 Å². The van der Waals surface area contributed by atoms with E-state index in [4.69, 9.17) is 0 Å². The Balaban J connectivity index is 1.68. The quantitative estimate of drug-likeness (QED) is 0.910. The number of likely N-dealkylation sites (tertiary alicyclic amines) is 1. The lowest BCUT2D eigenvalue weighted by molar-refractivity contribution is -0.143. The largest absolute Gasteiger partial charge is 0.508 e. The molecule has 1 N–H and O–H groups in total. The molecule has 1 saturated heterocycles. The average molecular weight is 340 g/mol. The fourth-order valence-corrected chi connectivity index (χ4v) is 2.93. The summed E-state index contributed by atoms with van der Waals surface area (Å²) in [5, 5.41) is 12.2. The van der Waals surface area contributed by atoms with Crippen molar-refractivity contribution < 1.29 is 27.6 Å². The number of amides is 1. The molecule has 0 unspecified atom stereocenters. The molecular formula is C16H15F3N2O3. The summed E-state index contributed by atoms with van der Waals surface area (Å²) in [4.78, 5) is 13.7. The number of nitrogens with zero attached hydrogens (tertiary/aromatic N) is 2. The van der Waals surface area contributed by atoms with E-state index in [1.54, 1.807) is 12.1 Å². The Bertz CT molecular complexity index is 717. The maximum absolute atomic E-state index is 12.8. The Kier molecular flexibility index (Phi) is 4.21. The number of aromatic nitrogens is 1. The molecule has 0 radical (unpaired) electrons. The highest BCUT2D eigenvalue weighted by Crippen LogP contribution is 2.33. The molecule has 1 amide bonds. The number of phenolic OH excluding ortho intramolecular Hbond substituents is 1. The van der Waals surface area contributed by atoms with Crippen molar-refractivity contribution in [2.24, 2.45) is 0 Å². The first-order valence-corrected chi connectivity index (χ1v) is 7.46. The molecule has 1 aromatic heterocycles. The first-order valence-electron chi connectivity index (χ1n) is 7.46. The van der Waals surface area contributed by atoms with Crippen LogP contribution in [0.15, 0.2) is 35.1 Å². The number of halogens is 3. The maximum atomic E-state index is 12.8. The van der Waals surface area contributed by atoms with Crippen LogP contribution in [0.3, 0.4) is 0 Å². The zero-order valence-corrected chi connectivity index (χ0v) is 12.6. The van der Waals surface area contributed by atoms with Crippen molar-refractivity contribution in [1.29, 1.82) is 0 Å². The van der Waals surface area contributed by atoms with E-state index in [0.717, 1.165) is 11.8 Å². The summed E-state index contributed by atoms with van der Waals surface area (Å²) in [7, 11) is 0. The number of phenols is 1. The molecule has 5 nitrogen and oxygen atoms in total. The summed E-state index contributed by atoms with van der Waals surface area (Å²) >= 11 is 0. The molecule has 1 aliphatic rings. The van der Waals surface area contributed by atoms with E-state index in [9.17, 15) is 23.1 Å². The summed E-state index contributed by atoms with van der Waals surface area (Å²) in [5.74, 6) is -0.328. The van der Waals surface area contributed by atoms with Gasteiger partial charge in [-0.1, -0.05) is 17.3 Å². The average Bonchev–Trinajstić information content (AvgIpc) is 3.05. The van der Waals surface area contributed by atoms with Gasteiger partial charge in [0.15, 0.2) is 5.69 Å². The van der Waals surface area contributed by atoms with Crippen molar-refractivity contribution in [3.63, 3.8) is 0 Å². The zero-order chi connectivity index (χ0) is 17.3. The summed E-state index contributed by atoms with van der Waals surface area (Å²) < 4.78 is 42.8. The van der Waals surface area contributed by atoms with Crippen LogP contribution in [0.1, 0.15) is 40.4 Å². The van der Waals surface area contributed by atoms with Gasteiger partial charge in [0.1, 0.15) is 17.6 Å². The highest BCUT2D eigenvalue weighted by atomic mass is 19.4. The number of alkyl halides is 3. The summed E-state index contributed by atoms with van der Waals surface area (Å²) in [6, 6.07) is 6.83. The van der Waals surface area contributed by atoms with E-state index in [-0.39, 0.29) is 11.7 Å². The summed E-state index contributed by atoms with van der Waals surface area (Å²) in [6.07, 6.45) is -2.69. The molecule has 0 saturated carbocycles. The van der Waals surface area contributed by atoms with Crippen LogP contribution in [0, 0.1) is 0 Å². The third-order valence-electron chi connectivity index (χ3n) is 4.22. The number of hydrogen-bond acceptors (Lipinski definition) is 4. The van der Waals surface area contributed by atoms with Gasteiger partial charge in [-0.05, 0) is 36.5 Å². The molecule has 2 heterocycles. The van der Waals surface area contributed by atoms with Crippen LogP contribution in [-0.2, 0) is 6.18 Å². The van der Waals surface area contributed by atoms with Crippen LogP contribution in [0.5, 0.6) is 5.75 Å². The minimum Gasteiger partial charge on any atom is -0.508 e. The van der Waals surface area contributed by atoms with Crippen molar-refractivity contribution >= 4 is 5.91 Å². The molecule has 24 heavy (non-hydrogen) atoms. The molecular weight excluding hydrogens is 325 g/mol. The Morgan fingerprint density at radius 3 is 2.42 bits per heavy atom. The molecule has 1 aliphatic heterocycles. The standard InChI is InChI=1S/C16H15F3N2O3/c17-16(18,19)14-13(9-24-20-14)15(23)21-7-5-11(6-8-21)10-1-3-12(22)4-2-10/h1-4,9,11,22H,5-8H2. The molecule has 1 aromatic carbocycles. The predicted octanol–water partition coefficient (Wildman–Crippen LogP) is 3.42. The van der Waals surface area contributed by atoms with Gasteiger partial charge in [-0.25, -0.2) is 0 Å². The maximum Gasteiger partial charge on any atom is 0.437 e. The first-order chi connectivity index (χ1) is 11.4. The van der Waals surface area contributed by atoms with Crippen LogP contribution < -0.4 is 0 Å². The molecule has 128 valence electrons. The summed E-state index contributed by atoms with van der Waals surface area (Å²) in [5.41, 5.74) is -0.792. The molecule has 8 heteroatoms. The van der Waals surface area contributed by atoms with Gasteiger partial charge in [0.2, 0.25) is 0 Å². The predicted molar refractivity (Wildman–Crippen MR) is 77.5 cm³/mol. The van der Waals surface area contributed by atoms with E-state index in [1.165, 1.54) is 4.90 Å². The summed E-state index contributed by atoms with van der Waals surface area (Å²) in [6.45, 7) is 0.708. The molecule has 2 aromatic rings. The number of hydrogen-bond donors (Lipinski definition) is 1. The van der Waals surface area contributed by atoms with Crippen LogP contribution in [0.4, 0.5) is 13.2 Å². The molecule has 0 spiro atoms. The molecule has 0 bridgehead atoms. The number of piperidine rings is 1. The topological polar surface area (TPSA) is 66.6 Å². The second-order valence-electron chi connectivity index (χ2n) is 5.73. The minimum absolute atomic E-state index is 0.179. The van der Waals surface area contributed by atoms with E-state index in [0.29, 0.717) is 25.9 Å². The van der Waals surface area contributed by atoms with Crippen molar-refractivity contribution in [3.05, 3.63) is 47.3 Å². The smallest absolute Gasteiger partial charge is 0.437 e. The Morgan fingerprint density at radius 1 is 1.21 bits per heavy atom. The Hall–Kier alpha value is -2.51. The number of benzene rings is 1. The highest BCUT2D eigenvalue weighted by molar-refractivity contribution is 5.95. The third kappa shape index (κ3) is 3.22. The number of carbonyl (C=O) groups is 1.